The molecule has 3 N–H and O–H groups in total. The molecule has 0 aliphatic rings. The minimum Gasteiger partial charge on any atom is -0.394 e. The number of rotatable bonds is 6. The zero-order valence-electron chi connectivity index (χ0n) is 10.3. The topological polar surface area (TPSA) is 132 Å². The van der Waals surface area contributed by atoms with Crippen molar-refractivity contribution in [3.63, 3.8) is 0 Å². The molecule has 0 saturated carbocycles. The molecule has 1 heterocycles. The maximum absolute atomic E-state index is 10.7. The minimum atomic E-state index is -0.976. The lowest BCUT2D eigenvalue weighted by Crippen LogP contribution is -2.45. The predicted molar refractivity (Wildman–Crippen MR) is 66.4 cm³/mol. The summed E-state index contributed by atoms with van der Waals surface area (Å²) in [7, 11) is 0. The Balaban J connectivity index is 3.11. The molecule has 0 saturated heterocycles. The van der Waals surface area contributed by atoms with E-state index in [1.54, 1.807) is 13.0 Å². The third-order valence-electron chi connectivity index (χ3n) is 2.85. The monoisotopic (exact) mass is 266 g/mol. The van der Waals surface area contributed by atoms with Gasteiger partial charge in [-0.25, -0.2) is 4.98 Å². The van der Waals surface area contributed by atoms with E-state index in [0.29, 0.717) is 6.42 Å². The molecule has 0 bridgehead atoms. The number of nitrogens with one attached hydrogen (secondary N) is 1. The Labute approximate surface area is 109 Å². The molecule has 102 valence electrons. The Morgan fingerprint density at radius 2 is 2.16 bits per heavy atom. The number of nitro groups is 1. The number of hydrogen-bond donors (Lipinski definition) is 3. The smallest absolute Gasteiger partial charge is 0.305 e. The molecule has 19 heavy (non-hydrogen) atoms. The van der Waals surface area contributed by atoms with E-state index < -0.39 is 10.5 Å². The van der Waals surface area contributed by atoms with Crippen molar-refractivity contribution in [1.82, 2.24) is 4.98 Å². The molecule has 0 aliphatic carbocycles. The lowest BCUT2D eigenvalue weighted by molar-refractivity contribution is -0.385. The van der Waals surface area contributed by atoms with Crippen LogP contribution in [-0.2, 0) is 0 Å². The van der Waals surface area contributed by atoms with Crippen LogP contribution in [0, 0.1) is 21.4 Å². The number of aromatic nitrogens is 1. The first-order valence-corrected chi connectivity index (χ1v) is 5.57. The van der Waals surface area contributed by atoms with Gasteiger partial charge in [0.25, 0.3) is 0 Å². The van der Waals surface area contributed by atoms with Gasteiger partial charge in [-0.3, -0.25) is 10.1 Å². The number of aliphatic hydroxyl groups excluding tert-OH is 2. The maximum atomic E-state index is 10.7. The lowest BCUT2D eigenvalue weighted by atomic mass is 9.98. The first kappa shape index (κ1) is 14.8. The zero-order valence-corrected chi connectivity index (χ0v) is 10.3. The van der Waals surface area contributed by atoms with Crippen molar-refractivity contribution in [2.45, 2.75) is 18.9 Å². The van der Waals surface area contributed by atoms with Crippen molar-refractivity contribution in [3.8, 4) is 6.07 Å². The van der Waals surface area contributed by atoms with Crippen molar-refractivity contribution in [2.24, 2.45) is 0 Å². The Morgan fingerprint density at radius 3 is 2.58 bits per heavy atom. The Hall–Kier alpha value is -2.24. The van der Waals surface area contributed by atoms with E-state index >= 15 is 0 Å². The van der Waals surface area contributed by atoms with Crippen molar-refractivity contribution >= 4 is 11.5 Å². The molecule has 0 amide bonds. The number of nitrogens with zero attached hydrogens (tertiary/aromatic N) is 3. The molecule has 1 aromatic heterocycles. The van der Waals surface area contributed by atoms with Gasteiger partial charge in [0.2, 0.25) is 5.69 Å². The molecule has 0 aliphatic heterocycles. The van der Waals surface area contributed by atoms with Crippen molar-refractivity contribution < 1.29 is 15.1 Å². The molecule has 0 unspecified atom stereocenters. The summed E-state index contributed by atoms with van der Waals surface area (Å²) in [6.07, 6.45) is 0.417. The molecule has 8 heteroatoms. The van der Waals surface area contributed by atoms with E-state index in [4.69, 9.17) is 5.26 Å². The molecule has 0 fully saturated rings. The first-order valence-electron chi connectivity index (χ1n) is 5.57. The molecular formula is C11H14N4O4. The first-order chi connectivity index (χ1) is 9.01. The predicted octanol–water partition coefficient (Wildman–Crippen LogP) is 0.407. The van der Waals surface area contributed by atoms with E-state index in [0.717, 1.165) is 6.07 Å². The average molecular weight is 266 g/mol. The van der Waals surface area contributed by atoms with Gasteiger partial charge >= 0.3 is 5.69 Å². The highest BCUT2D eigenvalue weighted by Gasteiger charge is 2.27. The van der Waals surface area contributed by atoms with Gasteiger partial charge in [-0.15, -0.1) is 0 Å². The minimum absolute atomic E-state index is 0.187. The second-order valence-electron chi connectivity index (χ2n) is 4.01. The summed E-state index contributed by atoms with van der Waals surface area (Å²) in [5.74, 6) is 0.187. The van der Waals surface area contributed by atoms with E-state index in [2.05, 4.69) is 10.3 Å². The molecular weight excluding hydrogens is 252 g/mol. The van der Waals surface area contributed by atoms with Crippen LogP contribution in [0.5, 0.6) is 0 Å². The summed E-state index contributed by atoms with van der Waals surface area (Å²) in [4.78, 5) is 13.8. The van der Waals surface area contributed by atoms with Gasteiger partial charge in [-0.2, -0.15) is 5.26 Å². The van der Waals surface area contributed by atoms with Crippen molar-refractivity contribution in [3.05, 3.63) is 27.9 Å². The highest BCUT2D eigenvalue weighted by Crippen LogP contribution is 2.21. The van der Waals surface area contributed by atoms with Crippen molar-refractivity contribution in [1.29, 1.82) is 5.26 Å². The fourth-order valence-corrected chi connectivity index (χ4v) is 1.46. The highest BCUT2D eigenvalue weighted by molar-refractivity contribution is 5.51. The van der Waals surface area contributed by atoms with E-state index in [-0.39, 0.29) is 30.4 Å². The SMILES string of the molecule is CCC(CO)(CO)Nc1ccc([N+](=O)[O-])c(C#N)n1. The van der Waals surface area contributed by atoms with Gasteiger partial charge < -0.3 is 15.5 Å². The quantitative estimate of drug-likeness (QED) is 0.501. The van der Waals surface area contributed by atoms with Crippen LogP contribution in [-0.4, -0.2) is 38.9 Å². The summed E-state index contributed by atoms with van der Waals surface area (Å²) in [6, 6.07) is 4.12. The van der Waals surface area contributed by atoms with Gasteiger partial charge in [0.15, 0.2) is 0 Å². The summed E-state index contributed by atoms with van der Waals surface area (Å²) >= 11 is 0. The second-order valence-corrected chi connectivity index (χ2v) is 4.01. The maximum Gasteiger partial charge on any atom is 0.305 e. The van der Waals surface area contributed by atoms with Crippen LogP contribution in [0.4, 0.5) is 11.5 Å². The van der Waals surface area contributed by atoms with Crippen molar-refractivity contribution in [2.75, 3.05) is 18.5 Å². The van der Waals surface area contributed by atoms with Gasteiger partial charge in [-0.05, 0) is 12.5 Å². The number of anilines is 1. The Bertz CT molecular complexity index is 500. The molecule has 1 aromatic rings. The van der Waals surface area contributed by atoms with Crippen LogP contribution in [0.1, 0.15) is 19.0 Å². The molecule has 0 spiro atoms. The average Bonchev–Trinajstić information content (AvgIpc) is 2.44. The van der Waals surface area contributed by atoms with Crippen LogP contribution in [0.2, 0.25) is 0 Å². The van der Waals surface area contributed by atoms with Crippen LogP contribution in [0.15, 0.2) is 12.1 Å². The summed E-state index contributed by atoms with van der Waals surface area (Å²) in [6.45, 7) is 1.09. The third kappa shape index (κ3) is 3.15. The molecule has 0 radical (unpaired) electrons. The normalized spacial score (nSPS) is 10.8. The van der Waals surface area contributed by atoms with Crippen LogP contribution >= 0.6 is 0 Å². The summed E-state index contributed by atoms with van der Waals surface area (Å²) in [5, 5.41) is 40.8. The number of hydrogen-bond acceptors (Lipinski definition) is 7. The van der Waals surface area contributed by atoms with Gasteiger partial charge in [0, 0.05) is 6.07 Å². The molecule has 1 rings (SSSR count). The summed E-state index contributed by atoms with van der Waals surface area (Å²) < 4.78 is 0. The van der Waals surface area contributed by atoms with E-state index in [1.807, 2.05) is 0 Å². The Morgan fingerprint density at radius 1 is 1.53 bits per heavy atom. The zero-order chi connectivity index (χ0) is 14.5. The van der Waals surface area contributed by atoms with Crippen LogP contribution in [0.3, 0.4) is 0 Å². The standard InChI is InChI=1S/C11H14N4O4/c1-2-11(6-16,7-17)14-10-4-3-9(15(18)19)8(5-12)13-10/h3-4,16-17H,2,6-7H2,1H3,(H,13,14). The fourth-order valence-electron chi connectivity index (χ4n) is 1.46. The number of nitriles is 1. The van der Waals surface area contributed by atoms with E-state index in [9.17, 15) is 20.3 Å². The van der Waals surface area contributed by atoms with E-state index in [1.165, 1.54) is 6.07 Å². The fraction of sp³-hybridized carbons (Fsp3) is 0.455. The second kappa shape index (κ2) is 6.08. The number of aliphatic hydroxyl groups is 2. The largest absolute Gasteiger partial charge is 0.394 e. The molecule has 0 atom stereocenters. The highest BCUT2D eigenvalue weighted by atomic mass is 16.6. The Kier molecular flexibility index (Phi) is 4.74. The number of pyridine rings is 1. The lowest BCUT2D eigenvalue weighted by Gasteiger charge is -2.30. The third-order valence-corrected chi connectivity index (χ3v) is 2.85. The van der Waals surface area contributed by atoms with Crippen LogP contribution in [0.25, 0.3) is 0 Å². The van der Waals surface area contributed by atoms with Gasteiger partial charge in [0.1, 0.15) is 11.9 Å². The summed E-state index contributed by atoms with van der Waals surface area (Å²) in [5.41, 5.74) is -1.69. The van der Waals surface area contributed by atoms with Gasteiger partial charge in [0.05, 0.1) is 23.7 Å². The molecule has 8 nitrogen and oxygen atoms in total. The van der Waals surface area contributed by atoms with Gasteiger partial charge in [-0.1, -0.05) is 6.92 Å². The van der Waals surface area contributed by atoms with Crippen LogP contribution < -0.4 is 5.32 Å². The molecule has 0 aromatic carbocycles.